The van der Waals surface area contributed by atoms with Crippen molar-refractivity contribution < 1.29 is 13.9 Å². The van der Waals surface area contributed by atoms with Crippen molar-refractivity contribution in [3.8, 4) is 5.75 Å². The molecule has 0 spiro atoms. The molecular weight excluding hydrogens is 176 g/mol. The molecule has 2 rings (SSSR count). The van der Waals surface area contributed by atoms with E-state index in [1.54, 1.807) is 0 Å². The molecule has 1 aromatic rings. The molecule has 1 aliphatic rings. The molecule has 0 atom stereocenters. The summed E-state index contributed by atoms with van der Waals surface area (Å²) in [4.78, 5) is 0. The number of hydrogen-bond acceptors (Lipinski definition) is 2. The minimum atomic E-state index is -1.21. The first-order valence-corrected chi connectivity index (χ1v) is 4.01. The normalized spacial score (nSPS) is 18.7. The van der Waals surface area contributed by atoms with Crippen molar-refractivity contribution in [2.24, 2.45) is 5.73 Å². The van der Waals surface area contributed by atoms with Gasteiger partial charge in [-0.3, -0.25) is 0 Å². The maximum absolute atomic E-state index is 13.2. The van der Waals surface area contributed by atoms with Crippen molar-refractivity contribution in [2.45, 2.75) is 18.4 Å². The molecule has 0 heterocycles. The first kappa shape index (κ1) is 8.44. The number of halogens is 2. The van der Waals surface area contributed by atoms with E-state index in [1.165, 1.54) is 6.07 Å². The van der Waals surface area contributed by atoms with E-state index in [2.05, 4.69) is 0 Å². The zero-order chi connectivity index (χ0) is 9.64. The van der Waals surface area contributed by atoms with Gasteiger partial charge >= 0.3 is 0 Å². The molecule has 0 radical (unpaired) electrons. The Balaban J connectivity index is 2.54. The van der Waals surface area contributed by atoms with E-state index < -0.39 is 22.9 Å². The Morgan fingerprint density at radius 3 is 2.38 bits per heavy atom. The van der Waals surface area contributed by atoms with E-state index >= 15 is 0 Å². The predicted molar refractivity (Wildman–Crippen MR) is 43.1 cm³/mol. The van der Waals surface area contributed by atoms with Gasteiger partial charge < -0.3 is 10.8 Å². The third-order valence-corrected chi connectivity index (χ3v) is 2.39. The minimum Gasteiger partial charge on any atom is -0.505 e. The minimum absolute atomic E-state index is 0.155. The summed E-state index contributed by atoms with van der Waals surface area (Å²) in [5.74, 6) is -2.92. The van der Waals surface area contributed by atoms with Crippen molar-refractivity contribution in [1.29, 1.82) is 0 Å². The number of aromatic hydroxyl groups is 1. The van der Waals surface area contributed by atoms with Crippen LogP contribution in [0.25, 0.3) is 0 Å². The molecule has 1 saturated carbocycles. The molecular formula is C9H9F2NO. The number of benzene rings is 1. The molecule has 0 unspecified atom stereocenters. The quantitative estimate of drug-likeness (QED) is 0.698. The fourth-order valence-electron chi connectivity index (χ4n) is 1.33. The van der Waals surface area contributed by atoms with Gasteiger partial charge in [0.05, 0.1) is 0 Å². The summed E-state index contributed by atoms with van der Waals surface area (Å²) in [5.41, 5.74) is 5.15. The summed E-state index contributed by atoms with van der Waals surface area (Å²) in [5, 5.41) is 8.85. The van der Waals surface area contributed by atoms with E-state index in [-0.39, 0.29) is 5.56 Å². The lowest BCUT2D eigenvalue weighted by Gasteiger charge is -2.10. The average molecular weight is 185 g/mol. The number of phenolic OH excluding ortho intramolecular Hbond substituents is 1. The van der Waals surface area contributed by atoms with E-state index in [0.29, 0.717) is 12.8 Å². The van der Waals surface area contributed by atoms with Crippen LogP contribution in [0.2, 0.25) is 0 Å². The summed E-state index contributed by atoms with van der Waals surface area (Å²) in [7, 11) is 0. The van der Waals surface area contributed by atoms with Crippen LogP contribution in [0.4, 0.5) is 8.78 Å². The zero-order valence-corrected chi connectivity index (χ0v) is 6.85. The van der Waals surface area contributed by atoms with Gasteiger partial charge in [-0.1, -0.05) is 6.07 Å². The van der Waals surface area contributed by atoms with Crippen LogP contribution in [0.1, 0.15) is 18.4 Å². The molecule has 0 amide bonds. The third-order valence-electron chi connectivity index (χ3n) is 2.39. The van der Waals surface area contributed by atoms with Gasteiger partial charge in [0.1, 0.15) is 0 Å². The van der Waals surface area contributed by atoms with Gasteiger partial charge in [0.15, 0.2) is 11.6 Å². The molecule has 1 aromatic carbocycles. The molecule has 1 aliphatic carbocycles. The highest BCUT2D eigenvalue weighted by Gasteiger charge is 2.42. The van der Waals surface area contributed by atoms with Crippen LogP contribution >= 0.6 is 0 Å². The monoisotopic (exact) mass is 185 g/mol. The van der Waals surface area contributed by atoms with Crippen LogP contribution in [0.3, 0.4) is 0 Å². The van der Waals surface area contributed by atoms with E-state index in [0.717, 1.165) is 6.07 Å². The molecule has 3 N–H and O–H groups in total. The Morgan fingerprint density at radius 2 is 1.85 bits per heavy atom. The maximum atomic E-state index is 13.2. The maximum Gasteiger partial charge on any atom is 0.200 e. The molecule has 70 valence electrons. The summed E-state index contributed by atoms with van der Waals surface area (Å²) in [6.45, 7) is 0. The molecule has 0 saturated heterocycles. The zero-order valence-electron chi connectivity index (χ0n) is 6.85. The van der Waals surface area contributed by atoms with Crippen LogP contribution < -0.4 is 5.73 Å². The second kappa shape index (κ2) is 2.42. The van der Waals surface area contributed by atoms with Crippen molar-refractivity contribution >= 4 is 0 Å². The Hall–Kier alpha value is -1.16. The Morgan fingerprint density at radius 1 is 1.23 bits per heavy atom. The van der Waals surface area contributed by atoms with E-state index in [4.69, 9.17) is 10.8 Å². The molecule has 4 heteroatoms. The lowest BCUT2D eigenvalue weighted by molar-refractivity contribution is 0.400. The van der Waals surface area contributed by atoms with Gasteiger partial charge in [-0.15, -0.1) is 0 Å². The van der Waals surface area contributed by atoms with E-state index in [1.807, 2.05) is 0 Å². The predicted octanol–water partition coefficient (Wildman–Crippen LogP) is 1.62. The lowest BCUT2D eigenvalue weighted by Crippen LogP contribution is -2.20. The van der Waals surface area contributed by atoms with Gasteiger partial charge in [-0.05, 0) is 18.9 Å². The standard InChI is InChI=1S/C9H9F2NO/c10-7-5(9(12)3-4-9)1-2-6(13)8(7)11/h1-2,13H,3-4,12H2. The molecule has 13 heavy (non-hydrogen) atoms. The van der Waals surface area contributed by atoms with Gasteiger partial charge in [0.25, 0.3) is 0 Å². The summed E-state index contributed by atoms with van der Waals surface area (Å²) in [6, 6.07) is 2.46. The van der Waals surface area contributed by atoms with Crippen LogP contribution in [-0.4, -0.2) is 5.11 Å². The highest BCUT2D eigenvalue weighted by atomic mass is 19.2. The molecule has 0 aromatic heterocycles. The van der Waals surface area contributed by atoms with E-state index in [9.17, 15) is 8.78 Å². The largest absolute Gasteiger partial charge is 0.505 e. The summed E-state index contributed by atoms with van der Waals surface area (Å²) < 4.78 is 26.1. The van der Waals surface area contributed by atoms with Crippen LogP contribution in [0.15, 0.2) is 12.1 Å². The number of nitrogens with two attached hydrogens (primary N) is 1. The van der Waals surface area contributed by atoms with Crippen LogP contribution in [0, 0.1) is 11.6 Å². The topological polar surface area (TPSA) is 46.2 Å². The van der Waals surface area contributed by atoms with Crippen molar-refractivity contribution in [3.05, 3.63) is 29.3 Å². The van der Waals surface area contributed by atoms with Crippen molar-refractivity contribution in [3.63, 3.8) is 0 Å². The highest BCUT2D eigenvalue weighted by Crippen LogP contribution is 2.44. The summed E-state index contributed by atoms with van der Waals surface area (Å²) >= 11 is 0. The van der Waals surface area contributed by atoms with Crippen LogP contribution in [-0.2, 0) is 5.54 Å². The molecule has 0 aliphatic heterocycles. The van der Waals surface area contributed by atoms with Gasteiger partial charge in [-0.2, -0.15) is 4.39 Å². The van der Waals surface area contributed by atoms with Crippen molar-refractivity contribution in [2.75, 3.05) is 0 Å². The Labute approximate surface area is 74.0 Å². The Kier molecular flexibility index (Phi) is 1.57. The average Bonchev–Trinajstić information content (AvgIpc) is 2.80. The van der Waals surface area contributed by atoms with Crippen LogP contribution in [0.5, 0.6) is 5.75 Å². The Bertz CT molecular complexity index is 361. The fraction of sp³-hybridized carbons (Fsp3) is 0.333. The number of hydrogen-bond donors (Lipinski definition) is 2. The third kappa shape index (κ3) is 1.18. The second-order valence-corrected chi connectivity index (χ2v) is 3.42. The van der Waals surface area contributed by atoms with Gasteiger partial charge in [-0.25, -0.2) is 4.39 Å². The number of phenols is 1. The molecule has 0 bridgehead atoms. The lowest BCUT2D eigenvalue weighted by atomic mass is 10.0. The number of rotatable bonds is 1. The second-order valence-electron chi connectivity index (χ2n) is 3.42. The fourth-order valence-corrected chi connectivity index (χ4v) is 1.33. The smallest absolute Gasteiger partial charge is 0.200 e. The molecule has 1 fully saturated rings. The highest BCUT2D eigenvalue weighted by molar-refractivity contribution is 5.36. The van der Waals surface area contributed by atoms with Gasteiger partial charge in [0.2, 0.25) is 5.82 Å². The SMILES string of the molecule is NC1(c2ccc(O)c(F)c2F)CC1. The van der Waals surface area contributed by atoms with Crippen molar-refractivity contribution in [1.82, 2.24) is 0 Å². The molecule has 2 nitrogen and oxygen atoms in total. The first-order valence-electron chi connectivity index (χ1n) is 4.01. The first-order chi connectivity index (χ1) is 6.04. The summed E-state index contributed by atoms with van der Waals surface area (Å²) in [6.07, 6.45) is 1.32. The van der Waals surface area contributed by atoms with Gasteiger partial charge in [0, 0.05) is 11.1 Å².